The smallest absolute Gasteiger partial charge is 0.333 e. The molecule has 0 radical (unpaired) electrons. The fourth-order valence-electron chi connectivity index (χ4n) is 9.54. The molecule has 1 aromatic carbocycles. The minimum atomic E-state index is -2.10. The van der Waals surface area contributed by atoms with Gasteiger partial charge in [-0.15, -0.1) is 0 Å². The van der Waals surface area contributed by atoms with Crippen LogP contribution in [0.25, 0.3) is 0 Å². The predicted molar refractivity (Wildman–Crippen MR) is 213 cm³/mol. The zero-order chi connectivity index (χ0) is 38.1. The quantitative estimate of drug-likeness (QED) is 0.0642. The van der Waals surface area contributed by atoms with E-state index in [0.29, 0.717) is 49.5 Å². The zero-order valence-corrected chi connectivity index (χ0v) is 35.3. The summed E-state index contributed by atoms with van der Waals surface area (Å²) in [4.78, 5) is 13.9. The molecule has 4 rings (SSSR count). The lowest BCUT2D eigenvalue weighted by atomic mass is 9.62. The van der Waals surface area contributed by atoms with Crippen molar-refractivity contribution in [1.82, 2.24) is 0 Å². The first kappa shape index (κ1) is 42.5. The average Bonchev–Trinajstić information content (AvgIpc) is 3.20. The van der Waals surface area contributed by atoms with Gasteiger partial charge in [0, 0.05) is 23.5 Å². The third kappa shape index (κ3) is 9.70. The van der Waals surface area contributed by atoms with Crippen molar-refractivity contribution in [1.29, 1.82) is 0 Å². The molecule has 1 heterocycles. The van der Waals surface area contributed by atoms with E-state index >= 15 is 0 Å². The molecular formula is C44H70O7Si. The van der Waals surface area contributed by atoms with Crippen LogP contribution in [0, 0.1) is 23.2 Å². The maximum atomic E-state index is 13.9. The van der Waals surface area contributed by atoms with Gasteiger partial charge in [-0.3, -0.25) is 0 Å². The van der Waals surface area contributed by atoms with Gasteiger partial charge in [0.05, 0.1) is 40.1 Å². The Morgan fingerprint density at radius 2 is 1.60 bits per heavy atom. The van der Waals surface area contributed by atoms with Crippen LogP contribution < -0.4 is 4.74 Å². The Bertz CT molecular complexity index is 1340. The Morgan fingerprint density at radius 3 is 2.17 bits per heavy atom. The maximum Gasteiger partial charge on any atom is 0.333 e. The summed E-state index contributed by atoms with van der Waals surface area (Å²) in [7, 11) is 1.08. The monoisotopic (exact) mass is 738 g/mol. The Labute approximate surface area is 317 Å². The van der Waals surface area contributed by atoms with Crippen molar-refractivity contribution in [3.05, 3.63) is 65.3 Å². The van der Waals surface area contributed by atoms with Gasteiger partial charge in [0.1, 0.15) is 5.75 Å². The Hall–Kier alpha value is -2.23. The van der Waals surface area contributed by atoms with Crippen LogP contribution >= 0.6 is 0 Å². The lowest BCUT2D eigenvalue weighted by Crippen LogP contribution is -2.52. The fraction of sp³-hybridized carbons (Fsp3) is 0.705. The molecule has 0 amide bonds. The van der Waals surface area contributed by atoms with E-state index in [9.17, 15) is 4.79 Å². The Morgan fingerprint density at radius 1 is 0.942 bits per heavy atom. The first-order valence-electron chi connectivity index (χ1n) is 20.0. The number of esters is 1. The van der Waals surface area contributed by atoms with E-state index in [-0.39, 0.29) is 29.8 Å². The van der Waals surface area contributed by atoms with Crippen LogP contribution in [0.2, 0.25) is 16.6 Å². The summed E-state index contributed by atoms with van der Waals surface area (Å²) < 4.78 is 38.2. The summed E-state index contributed by atoms with van der Waals surface area (Å²) in [5.74, 6) is 0.0598. The second-order valence-corrected chi connectivity index (χ2v) is 22.3. The van der Waals surface area contributed by atoms with Crippen LogP contribution in [-0.4, -0.2) is 60.2 Å². The van der Waals surface area contributed by atoms with Gasteiger partial charge in [0.25, 0.3) is 0 Å². The minimum absolute atomic E-state index is 0.140. The lowest BCUT2D eigenvalue weighted by Gasteiger charge is -2.50. The topological polar surface area (TPSA) is 72.5 Å². The second-order valence-electron chi connectivity index (χ2n) is 16.8. The molecule has 1 spiro atoms. The third-order valence-electron chi connectivity index (χ3n) is 12.3. The first-order valence-corrected chi connectivity index (χ1v) is 22.2. The number of benzene rings is 1. The fourth-order valence-corrected chi connectivity index (χ4v) is 15.0. The molecule has 1 aromatic rings. The molecule has 3 aliphatic rings. The first-order chi connectivity index (χ1) is 24.7. The van der Waals surface area contributed by atoms with Gasteiger partial charge in [-0.1, -0.05) is 90.8 Å². The largest absolute Gasteiger partial charge is 0.497 e. The number of carbonyl (C=O) groups is 1. The average molecular weight is 739 g/mol. The molecule has 0 N–H and O–H groups in total. The van der Waals surface area contributed by atoms with Gasteiger partial charge in [-0.05, 0) is 105 Å². The van der Waals surface area contributed by atoms with Crippen molar-refractivity contribution in [3.8, 4) is 5.75 Å². The zero-order valence-electron chi connectivity index (χ0n) is 34.3. The van der Waals surface area contributed by atoms with Crippen molar-refractivity contribution < 1.29 is 32.9 Å². The van der Waals surface area contributed by atoms with Gasteiger partial charge in [-0.2, -0.15) is 0 Å². The number of hydrogen-bond donors (Lipinski definition) is 0. The maximum absolute atomic E-state index is 13.9. The van der Waals surface area contributed by atoms with Gasteiger partial charge >= 0.3 is 5.97 Å². The summed E-state index contributed by atoms with van der Waals surface area (Å²) >= 11 is 0. The van der Waals surface area contributed by atoms with Crippen LogP contribution in [0.15, 0.2) is 59.7 Å². The highest BCUT2D eigenvalue weighted by Crippen LogP contribution is 2.54. The summed E-state index contributed by atoms with van der Waals surface area (Å²) in [6.45, 7) is 22.2. The van der Waals surface area contributed by atoms with E-state index in [1.54, 1.807) is 7.11 Å². The summed E-state index contributed by atoms with van der Waals surface area (Å²) in [6.07, 6.45) is 15.8. The van der Waals surface area contributed by atoms with Gasteiger partial charge in [0.15, 0.2) is 14.1 Å². The van der Waals surface area contributed by atoms with Gasteiger partial charge in [-0.25, -0.2) is 4.79 Å². The number of fused-ring (bicyclic) bond motifs is 3. The van der Waals surface area contributed by atoms with Crippen LogP contribution in [0.1, 0.15) is 113 Å². The van der Waals surface area contributed by atoms with E-state index in [0.717, 1.165) is 42.6 Å². The minimum Gasteiger partial charge on any atom is -0.497 e. The van der Waals surface area contributed by atoms with E-state index in [1.807, 2.05) is 26.0 Å². The third-order valence-corrected chi connectivity index (χ3v) is 18.4. The van der Waals surface area contributed by atoms with Crippen molar-refractivity contribution in [2.75, 3.05) is 34.0 Å². The molecular weight excluding hydrogens is 669 g/mol. The van der Waals surface area contributed by atoms with Crippen LogP contribution in [0.4, 0.5) is 0 Å². The van der Waals surface area contributed by atoms with E-state index in [1.165, 1.54) is 25.5 Å². The molecule has 4 atom stereocenters. The van der Waals surface area contributed by atoms with Gasteiger partial charge in [0.2, 0.25) is 0 Å². The number of ether oxygens (including phenoxy) is 5. The molecule has 1 saturated heterocycles. The van der Waals surface area contributed by atoms with Gasteiger partial charge < -0.3 is 28.1 Å². The number of carbonyl (C=O) groups excluding carboxylic acids is 1. The summed E-state index contributed by atoms with van der Waals surface area (Å²) in [6, 6.07) is 8.05. The Kier molecular flexibility index (Phi) is 15.4. The van der Waals surface area contributed by atoms with Crippen molar-refractivity contribution in [2.45, 2.75) is 142 Å². The predicted octanol–water partition coefficient (Wildman–Crippen LogP) is 10.8. The SMILES string of the molecule is C/C=C/CCCCC[C@@H]1C=C2C(OCc3ccc(OC)cc3)[C@H](C(C(=O)OC)=CCC23COC(C)(C)OC3)[C@H]1CCO[Si](C(C)C)(C(C)C)C(C)C. The van der Waals surface area contributed by atoms with E-state index in [2.05, 4.69) is 84.9 Å². The van der Waals surface area contributed by atoms with Crippen molar-refractivity contribution in [3.63, 3.8) is 0 Å². The molecule has 1 unspecified atom stereocenters. The number of methoxy groups -OCH3 is 2. The summed E-state index contributed by atoms with van der Waals surface area (Å²) in [5, 5.41) is 0. The van der Waals surface area contributed by atoms with Crippen LogP contribution in [0.5, 0.6) is 5.75 Å². The molecule has 8 heteroatoms. The Balaban J connectivity index is 1.80. The standard InChI is InChI=1S/C44H70O7Si/c1-12-13-14-15-16-17-18-35-27-39-41(48-28-34-19-21-36(46-10)22-20-34)40(37(35)24-26-51-52(31(2)3,32(4)5)33(6)7)38(42(45)47-11)23-25-44(39)29-49-43(8,9)50-30-44/h12-13,19-23,27,31-33,35,37,40-41H,14-18,24-26,28-30H2,1-11H3/b13-12+/t35-,37+,40+,41?/m1/s1. The molecule has 292 valence electrons. The lowest BCUT2D eigenvalue weighted by molar-refractivity contribution is -0.280. The number of allylic oxidation sites excluding steroid dienone is 4. The van der Waals surface area contributed by atoms with Crippen LogP contribution in [-0.2, 0) is 34.8 Å². The molecule has 7 nitrogen and oxygen atoms in total. The molecule has 0 aromatic heterocycles. The van der Waals surface area contributed by atoms with Crippen molar-refractivity contribution in [2.24, 2.45) is 23.2 Å². The number of rotatable bonds is 18. The molecule has 1 fully saturated rings. The molecule has 52 heavy (non-hydrogen) atoms. The number of hydrogen-bond acceptors (Lipinski definition) is 7. The highest BCUT2D eigenvalue weighted by atomic mass is 28.4. The van der Waals surface area contributed by atoms with Crippen LogP contribution in [0.3, 0.4) is 0 Å². The molecule has 0 saturated carbocycles. The van der Waals surface area contributed by atoms with Crippen molar-refractivity contribution >= 4 is 14.3 Å². The molecule has 1 aliphatic heterocycles. The highest BCUT2D eigenvalue weighted by molar-refractivity contribution is 6.77. The normalized spacial score (nSPS) is 24.3. The number of unbranched alkanes of at least 4 members (excludes halogenated alkanes) is 3. The molecule has 2 aliphatic carbocycles. The second kappa shape index (κ2) is 18.9. The summed E-state index contributed by atoms with van der Waals surface area (Å²) in [5.41, 5.74) is 4.03. The van der Waals surface area contributed by atoms with E-state index < -0.39 is 19.5 Å². The highest BCUT2D eigenvalue weighted by Gasteiger charge is 2.54. The van der Waals surface area contributed by atoms with E-state index in [4.69, 9.17) is 28.1 Å². The molecule has 2 bridgehead atoms.